The molecule has 1 aromatic carbocycles. The summed E-state index contributed by atoms with van der Waals surface area (Å²) in [7, 11) is 2.12. The molecule has 110 valence electrons. The predicted molar refractivity (Wildman–Crippen MR) is 84.4 cm³/mol. The van der Waals surface area contributed by atoms with Crippen LogP contribution in [0.15, 0.2) is 36.4 Å². The van der Waals surface area contributed by atoms with Gasteiger partial charge in [-0.2, -0.15) is 0 Å². The van der Waals surface area contributed by atoms with Crippen molar-refractivity contribution >= 4 is 17.4 Å². The highest BCUT2D eigenvalue weighted by Crippen LogP contribution is 2.27. The molecule has 0 amide bonds. The smallest absolute Gasteiger partial charge is 0.132 e. The Bertz CT molecular complexity index is 622. The summed E-state index contributed by atoms with van der Waals surface area (Å²) in [6.07, 6.45) is 0. The summed E-state index contributed by atoms with van der Waals surface area (Å²) in [5.41, 5.74) is 1.90. The second kappa shape index (κ2) is 6.00. The summed E-state index contributed by atoms with van der Waals surface area (Å²) < 4.78 is 13.0. The van der Waals surface area contributed by atoms with Gasteiger partial charge in [0.05, 0.1) is 0 Å². The SMILES string of the molecule is CN1CCN(c2cc(-c3ccc(F)cc3)cc(Cl)n2)CC1. The first-order valence-electron chi connectivity index (χ1n) is 6.99. The monoisotopic (exact) mass is 305 g/mol. The molecular weight excluding hydrogens is 289 g/mol. The maximum absolute atomic E-state index is 13.0. The Kier molecular flexibility index (Phi) is 4.08. The topological polar surface area (TPSA) is 19.4 Å². The summed E-state index contributed by atoms with van der Waals surface area (Å²) in [4.78, 5) is 8.95. The number of benzene rings is 1. The van der Waals surface area contributed by atoms with Gasteiger partial charge in [-0.3, -0.25) is 0 Å². The standard InChI is InChI=1S/C16H17ClFN3/c1-20-6-8-21(9-7-20)16-11-13(10-15(17)19-16)12-2-4-14(18)5-3-12/h2-5,10-11H,6-9H2,1H3. The summed E-state index contributed by atoms with van der Waals surface area (Å²) in [5, 5.41) is 0.464. The fourth-order valence-corrected chi connectivity index (χ4v) is 2.69. The zero-order valence-electron chi connectivity index (χ0n) is 11.9. The third-order valence-corrected chi connectivity index (χ3v) is 3.98. The molecule has 1 aromatic heterocycles. The molecular formula is C16H17ClFN3. The average molecular weight is 306 g/mol. The molecule has 0 spiro atoms. The van der Waals surface area contributed by atoms with E-state index in [2.05, 4.69) is 21.8 Å². The fraction of sp³-hybridized carbons (Fsp3) is 0.312. The molecule has 0 radical (unpaired) electrons. The van der Waals surface area contributed by atoms with E-state index in [1.165, 1.54) is 12.1 Å². The van der Waals surface area contributed by atoms with E-state index in [1.807, 2.05) is 12.1 Å². The van der Waals surface area contributed by atoms with Gasteiger partial charge < -0.3 is 9.80 Å². The molecule has 5 heteroatoms. The zero-order valence-corrected chi connectivity index (χ0v) is 12.6. The molecule has 3 rings (SSSR count). The molecule has 0 saturated carbocycles. The molecule has 21 heavy (non-hydrogen) atoms. The molecule has 0 atom stereocenters. The van der Waals surface area contributed by atoms with Gasteiger partial charge in [0.2, 0.25) is 0 Å². The summed E-state index contributed by atoms with van der Waals surface area (Å²) in [6.45, 7) is 3.90. The molecule has 3 nitrogen and oxygen atoms in total. The second-order valence-corrected chi connectivity index (χ2v) is 5.72. The first kappa shape index (κ1) is 14.3. The first-order valence-corrected chi connectivity index (χ1v) is 7.36. The third kappa shape index (κ3) is 3.34. The molecule has 0 N–H and O–H groups in total. The number of piperazine rings is 1. The first-order chi connectivity index (χ1) is 10.1. The molecule has 1 fully saturated rings. The van der Waals surface area contributed by atoms with Gasteiger partial charge in [0.1, 0.15) is 16.8 Å². The van der Waals surface area contributed by atoms with E-state index in [0.29, 0.717) is 5.15 Å². The maximum Gasteiger partial charge on any atom is 0.132 e. The Morgan fingerprint density at radius 2 is 1.67 bits per heavy atom. The van der Waals surface area contributed by atoms with Gasteiger partial charge in [0.25, 0.3) is 0 Å². The predicted octanol–water partition coefficient (Wildman–Crippen LogP) is 3.29. The Hall–Kier alpha value is -1.65. The average Bonchev–Trinajstić information content (AvgIpc) is 2.48. The van der Waals surface area contributed by atoms with E-state index in [0.717, 1.165) is 43.1 Å². The number of hydrogen-bond donors (Lipinski definition) is 0. The Labute approximate surface area is 129 Å². The number of rotatable bonds is 2. The van der Waals surface area contributed by atoms with Crippen LogP contribution in [-0.2, 0) is 0 Å². The van der Waals surface area contributed by atoms with Crippen LogP contribution in [-0.4, -0.2) is 43.1 Å². The summed E-state index contributed by atoms with van der Waals surface area (Å²) >= 11 is 6.16. The van der Waals surface area contributed by atoms with Crippen LogP contribution in [0.2, 0.25) is 5.15 Å². The van der Waals surface area contributed by atoms with Crippen LogP contribution >= 0.6 is 11.6 Å². The Morgan fingerprint density at radius 3 is 2.33 bits per heavy atom. The number of hydrogen-bond acceptors (Lipinski definition) is 3. The normalized spacial score (nSPS) is 16.2. The van der Waals surface area contributed by atoms with Crippen molar-refractivity contribution in [3.8, 4) is 11.1 Å². The van der Waals surface area contributed by atoms with Gasteiger partial charge in [0.15, 0.2) is 0 Å². The lowest BCUT2D eigenvalue weighted by atomic mass is 10.1. The highest BCUT2D eigenvalue weighted by Gasteiger charge is 2.16. The van der Waals surface area contributed by atoms with Crippen molar-refractivity contribution in [3.63, 3.8) is 0 Å². The van der Waals surface area contributed by atoms with Crippen LogP contribution in [0.1, 0.15) is 0 Å². The third-order valence-electron chi connectivity index (χ3n) is 3.79. The van der Waals surface area contributed by atoms with Crippen molar-refractivity contribution in [2.45, 2.75) is 0 Å². The van der Waals surface area contributed by atoms with Crippen LogP contribution in [0.4, 0.5) is 10.2 Å². The highest BCUT2D eigenvalue weighted by molar-refractivity contribution is 6.29. The Balaban J connectivity index is 1.91. The van der Waals surface area contributed by atoms with Gasteiger partial charge in [0, 0.05) is 26.2 Å². The number of anilines is 1. The number of pyridine rings is 1. The molecule has 0 unspecified atom stereocenters. The quantitative estimate of drug-likeness (QED) is 0.794. The highest BCUT2D eigenvalue weighted by atomic mass is 35.5. The minimum atomic E-state index is -0.238. The lowest BCUT2D eigenvalue weighted by molar-refractivity contribution is 0.312. The molecule has 1 saturated heterocycles. The molecule has 2 aromatic rings. The summed E-state index contributed by atoms with van der Waals surface area (Å²) in [5.74, 6) is 0.646. The van der Waals surface area contributed by atoms with Gasteiger partial charge in [-0.15, -0.1) is 0 Å². The number of halogens is 2. The van der Waals surface area contributed by atoms with E-state index in [-0.39, 0.29) is 5.82 Å². The van der Waals surface area contributed by atoms with Crippen molar-refractivity contribution < 1.29 is 4.39 Å². The van der Waals surface area contributed by atoms with E-state index < -0.39 is 0 Å². The van der Waals surface area contributed by atoms with Crippen LogP contribution in [0.5, 0.6) is 0 Å². The molecule has 0 bridgehead atoms. The number of nitrogens with zero attached hydrogens (tertiary/aromatic N) is 3. The van der Waals surface area contributed by atoms with Crippen LogP contribution in [0.25, 0.3) is 11.1 Å². The largest absolute Gasteiger partial charge is 0.354 e. The molecule has 0 aliphatic carbocycles. The van der Waals surface area contributed by atoms with Gasteiger partial charge in [-0.05, 0) is 42.4 Å². The van der Waals surface area contributed by atoms with Gasteiger partial charge in [-0.1, -0.05) is 23.7 Å². The van der Waals surface area contributed by atoms with Gasteiger partial charge >= 0.3 is 0 Å². The van der Waals surface area contributed by atoms with Crippen molar-refractivity contribution in [1.82, 2.24) is 9.88 Å². The fourth-order valence-electron chi connectivity index (χ4n) is 2.49. The van der Waals surface area contributed by atoms with Crippen LogP contribution < -0.4 is 4.90 Å². The van der Waals surface area contributed by atoms with E-state index in [4.69, 9.17) is 11.6 Å². The van der Waals surface area contributed by atoms with E-state index in [9.17, 15) is 4.39 Å². The van der Waals surface area contributed by atoms with Crippen molar-refractivity contribution in [3.05, 3.63) is 47.4 Å². The Morgan fingerprint density at radius 1 is 1.00 bits per heavy atom. The minimum Gasteiger partial charge on any atom is -0.354 e. The lowest BCUT2D eigenvalue weighted by Gasteiger charge is -2.33. The maximum atomic E-state index is 13.0. The molecule has 1 aliphatic heterocycles. The van der Waals surface area contributed by atoms with Crippen molar-refractivity contribution in [2.24, 2.45) is 0 Å². The minimum absolute atomic E-state index is 0.238. The number of likely N-dealkylation sites (N-methyl/N-ethyl adjacent to an activating group) is 1. The zero-order chi connectivity index (χ0) is 14.8. The number of aromatic nitrogens is 1. The van der Waals surface area contributed by atoms with E-state index in [1.54, 1.807) is 12.1 Å². The lowest BCUT2D eigenvalue weighted by Crippen LogP contribution is -2.44. The van der Waals surface area contributed by atoms with Crippen molar-refractivity contribution in [1.29, 1.82) is 0 Å². The molecule has 2 heterocycles. The second-order valence-electron chi connectivity index (χ2n) is 5.33. The van der Waals surface area contributed by atoms with Crippen LogP contribution in [0, 0.1) is 5.82 Å². The van der Waals surface area contributed by atoms with Crippen molar-refractivity contribution in [2.75, 3.05) is 38.1 Å². The van der Waals surface area contributed by atoms with Crippen LogP contribution in [0.3, 0.4) is 0 Å². The van der Waals surface area contributed by atoms with E-state index >= 15 is 0 Å². The summed E-state index contributed by atoms with van der Waals surface area (Å²) in [6, 6.07) is 10.3. The molecule has 1 aliphatic rings. The van der Waals surface area contributed by atoms with Gasteiger partial charge in [-0.25, -0.2) is 9.37 Å².